The molecule has 0 spiro atoms. The Bertz CT molecular complexity index is 1180. The summed E-state index contributed by atoms with van der Waals surface area (Å²) in [6, 6.07) is 11.7. The van der Waals surface area contributed by atoms with Crippen molar-refractivity contribution in [3.8, 4) is 11.3 Å². The molecule has 7 nitrogen and oxygen atoms in total. The van der Waals surface area contributed by atoms with Crippen molar-refractivity contribution < 1.29 is 13.9 Å². The Labute approximate surface area is 174 Å². The molecule has 0 radical (unpaired) electrons. The number of methoxy groups -OCH3 is 1. The fourth-order valence-electron chi connectivity index (χ4n) is 3.54. The maximum absolute atomic E-state index is 13.1. The quantitative estimate of drug-likeness (QED) is 0.523. The number of rotatable bonds is 6. The third-order valence-corrected chi connectivity index (χ3v) is 5.16. The van der Waals surface area contributed by atoms with E-state index in [-0.39, 0.29) is 5.91 Å². The van der Waals surface area contributed by atoms with E-state index < -0.39 is 5.54 Å². The van der Waals surface area contributed by atoms with Crippen LogP contribution in [-0.2, 0) is 16.9 Å². The van der Waals surface area contributed by atoms with Crippen molar-refractivity contribution in [1.82, 2.24) is 19.7 Å². The number of nitrogens with one attached hydrogen (secondary N) is 1. The predicted molar refractivity (Wildman–Crippen MR) is 113 cm³/mol. The monoisotopic (exact) mass is 404 g/mol. The lowest BCUT2D eigenvalue weighted by Gasteiger charge is -2.27. The highest BCUT2D eigenvalue weighted by Gasteiger charge is 2.25. The molecule has 0 aliphatic carbocycles. The zero-order valence-corrected chi connectivity index (χ0v) is 17.5. The Balaban J connectivity index is 1.59. The van der Waals surface area contributed by atoms with Gasteiger partial charge in [-0.25, -0.2) is 9.97 Å². The standard InChI is InChI=1S/C23H24N4O3/c1-15-11-18(12-29-4)25-21-19(9-10-27(15)21)22(28)26-23(2,3)17-7-5-16(6-8-17)20-13-30-14-24-20/h5-11,13-14H,12H2,1-4H3,(H,26,28). The number of carbonyl (C=O) groups is 1. The van der Waals surface area contributed by atoms with Crippen LogP contribution in [0.25, 0.3) is 16.9 Å². The van der Waals surface area contributed by atoms with Crippen LogP contribution < -0.4 is 5.32 Å². The SMILES string of the molecule is COCc1cc(C)n2ccc(C(=O)NC(C)(C)c3ccc(-c4cocn4)cc3)c2n1. The number of hydrogen-bond donors (Lipinski definition) is 1. The van der Waals surface area contributed by atoms with Crippen molar-refractivity contribution >= 4 is 11.6 Å². The van der Waals surface area contributed by atoms with E-state index in [9.17, 15) is 4.79 Å². The molecule has 0 bridgehead atoms. The molecule has 4 aromatic rings. The third-order valence-electron chi connectivity index (χ3n) is 5.16. The van der Waals surface area contributed by atoms with Gasteiger partial charge in [-0.15, -0.1) is 0 Å². The van der Waals surface area contributed by atoms with E-state index in [1.54, 1.807) is 19.4 Å². The molecular formula is C23H24N4O3. The van der Waals surface area contributed by atoms with E-state index in [4.69, 9.17) is 9.15 Å². The number of fused-ring (bicyclic) bond motifs is 1. The summed E-state index contributed by atoms with van der Waals surface area (Å²) in [6.45, 7) is 6.33. The molecule has 0 atom stereocenters. The fourth-order valence-corrected chi connectivity index (χ4v) is 3.54. The Morgan fingerprint density at radius 2 is 2.00 bits per heavy atom. The lowest BCUT2D eigenvalue weighted by molar-refractivity contribution is 0.0913. The summed E-state index contributed by atoms with van der Waals surface area (Å²) in [6.07, 6.45) is 4.87. The Morgan fingerprint density at radius 1 is 1.23 bits per heavy atom. The van der Waals surface area contributed by atoms with E-state index >= 15 is 0 Å². The highest BCUT2D eigenvalue weighted by atomic mass is 16.5. The Morgan fingerprint density at radius 3 is 2.67 bits per heavy atom. The first-order valence-corrected chi connectivity index (χ1v) is 9.67. The average molecular weight is 404 g/mol. The minimum Gasteiger partial charge on any atom is -0.451 e. The van der Waals surface area contributed by atoms with Crippen LogP contribution in [0.15, 0.2) is 59.7 Å². The highest BCUT2D eigenvalue weighted by Crippen LogP contribution is 2.25. The number of ether oxygens (including phenoxy) is 1. The number of carbonyl (C=O) groups excluding carboxylic acids is 1. The zero-order valence-electron chi connectivity index (χ0n) is 17.5. The smallest absolute Gasteiger partial charge is 0.255 e. The molecule has 3 aromatic heterocycles. The Hall–Kier alpha value is -3.45. The minimum absolute atomic E-state index is 0.176. The summed E-state index contributed by atoms with van der Waals surface area (Å²) < 4.78 is 12.2. The van der Waals surface area contributed by atoms with Crippen LogP contribution in [-0.4, -0.2) is 27.4 Å². The molecule has 1 N–H and O–H groups in total. The molecule has 0 aliphatic heterocycles. The van der Waals surface area contributed by atoms with Gasteiger partial charge in [-0.2, -0.15) is 0 Å². The van der Waals surface area contributed by atoms with Crippen molar-refractivity contribution in [3.05, 3.63) is 77.8 Å². The number of oxazole rings is 1. The van der Waals surface area contributed by atoms with Gasteiger partial charge in [0.1, 0.15) is 17.6 Å². The van der Waals surface area contributed by atoms with Gasteiger partial charge in [0.2, 0.25) is 0 Å². The van der Waals surface area contributed by atoms with Crippen molar-refractivity contribution in [2.24, 2.45) is 0 Å². The second kappa shape index (κ2) is 7.76. The van der Waals surface area contributed by atoms with Gasteiger partial charge >= 0.3 is 0 Å². The summed E-state index contributed by atoms with van der Waals surface area (Å²) in [7, 11) is 1.63. The van der Waals surface area contributed by atoms with Gasteiger partial charge in [0.05, 0.1) is 23.4 Å². The predicted octanol–water partition coefficient (Wildman–Crippen LogP) is 4.11. The molecular weight excluding hydrogens is 380 g/mol. The van der Waals surface area contributed by atoms with E-state index in [1.165, 1.54) is 6.39 Å². The molecule has 0 aliphatic rings. The molecule has 1 amide bonds. The summed E-state index contributed by atoms with van der Waals surface area (Å²) in [5.41, 5.74) is 5.07. The summed E-state index contributed by atoms with van der Waals surface area (Å²) >= 11 is 0. The lowest BCUT2D eigenvalue weighted by Crippen LogP contribution is -2.41. The average Bonchev–Trinajstić information content (AvgIpc) is 3.38. The number of aryl methyl sites for hydroxylation is 1. The molecule has 0 saturated carbocycles. The van der Waals surface area contributed by atoms with Crippen LogP contribution in [0.2, 0.25) is 0 Å². The normalized spacial score (nSPS) is 11.7. The van der Waals surface area contributed by atoms with Gasteiger partial charge in [-0.3, -0.25) is 4.79 Å². The first-order chi connectivity index (χ1) is 14.4. The van der Waals surface area contributed by atoms with Crippen LogP contribution >= 0.6 is 0 Å². The number of amides is 1. The third kappa shape index (κ3) is 3.71. The molecule has 7 heteroatoms. The molecule has 0 fully saturated rings. The van der Waals surface area contributed by atoms with Crippen molar-refractivity contribution in [2.45, 2.75) is 32.9 Å². The van der Waals surface area contributed by atoms with Crippen molar-refractivity contribution in [3.63, 3.8) is 0 Å². The second-order valence-corrected chi connectivity index (χ2v) is 7.78. The van der Waals surface area contributed by atoms with Crippen molar-refractivity contribution in [1.29, 1.82) is 0 Å². The zero-order chi connectivity index (χ0) is 21.3. The first kappa shape index (κ1) is 19.8. The van der Waals surface area contributed by atoms with Gasteiger partial charge < -0.3 is 18.9 Å². The van der Waals surface area contributed by atoms with E-state index in [0.29, 0.717) is 17.8 Å². The van der Waals surface area contributed by atoms with Gasteiger partial charge in [-0.05, 0) is 38.5 Å². The van der Waals surface area contributed by atoms with E-state index in [0.717, 1.165) is 28.2 Å². The summed E-state index contributed by atoms with van der Waals surface area (Å²) in [5, 5.41) is 3.13. The number of aromatic nitrogens is 3. The molecule has 1 aromatic carbocycles. The number of hydrogen-bond acceptors (Lipinski definition) is 5. The highest BCUT2D eigenvalue weighted by molar-refractivity contribution is 6.00. The molecule has 154 valence electrons. The molecule has 0 unspecified atom stereocenters. The van der Waals surface area contributed by atoms with Crippen LogP contribution in [0.1, 0.15) is 41.2 Å². The van der Waals surface area contributed by atoms with Gasteiger partial charge in [0.25, 0.3) is 5.91 Å². The van der Waals surface area contributed by atoms with Crippen LogP contribution in [0.5, 0.6) is 0 Å². The minimum atomic E-state index is -0.577. The van der Waals surface area contributed by atoms with Crippen LogP contribution in [0.3, 0.4) is 0 Å². The molecule has 3 heterocycles. The Kier molecular flexibility index (Phi) is 5.13. The van der Waals surface area contributed by atoms with E-state index in [1.807, 2.05) is 61.7 Å². The topological polar surface area (TPSA) is 81.7 Å². The van der Waals surface area contributed by atoms with Gasteiger partial charge in [0.15, 0.2) is 6.39 Å². The molecule has 30 heavy (non-hydrogen) atoms. The lowest BCUT2D eigenvalue weighted by atomic mass is 9.92. The van der Waals surface area contributed by atoms with Crippen LogP contribution in [0.4, 0.5) is 0 Å². The largest absolute Gasteiger partial charge is 0.451 e. The van der Waals surface area contributed by atoms with Crippen LogP contribution in [0, 0.1) is 6.92 Å². The summed E-state index contributed by atoms with van der Waals surface area (Å²) in [5.74, 6) is -0.176. The van der Waals surface area contributed by atoms with Gasteiger partial charge in [0, 0.05) is 24.6 Å². The van der Waals surface area contributed by atoms with E-state index in [2.05, 4.69) is 15.3 Å². The summed E-state index contributed by atoms with van der Waals surface area (Å²) in [4.78, 5) is 21.9. The number of nitrogens with zero attached hydrogens (tertiary/aromatic N) is 3. The molecule has 0 saturated heterocycles. The fraction of sp³-hybridized carbons (Fsp3) is 0.261. The first-order valence-electron chi connectivity index (χ1n) is 9.67. The van der Waals surface area contributed by atoms with Gasteiger partial charge in [-0.1, -0.05) is 24.3 Å². The maximum Gasteiger partial charge on any atom is 0.255 e. The van der Waals surface area contributed by atoms with Crippen molar-refractivity contribution in [2.75, 3.05) is 7.11 Å². The number of benzene rings is 1. The second-order valence-electron chi connectivity index (χ2n) is 7.78. The molecule has 4 rings (SSSR count). The maximum atomic E-state index is 13.1.